The van der Waals surface area contributed by atoms with Gasteiger partial charge in [-0.25, -0.2) is 0 Å². The Hall–Kier alpha value is -0.820. The fourth-order valence-electron chi connectivity index (χ4n) is 1.14. The molecule has 0 radical (unpaired) electrons. The zero-order valence-corrected chi connectivity index (χ0v) is 6.84. The molecular formula is C10H15N. The molecule has 11 heavy (non-hydrogen) atoms. The summed E-state index contributed by atoms with van der Waals surface area (Å²) in [7, 11) is 0. The van der Waals surface area contributed by atoms with Crippen LogP contribution in [0, 0.1) is 5.92 Å². The van der Waals surface area contributed by atoms with Gasteiger partial charge in [0.25, 0.3) is 0 Å². The molecule has 60 valence electrons. The molecule has 1 fully saturated rings. The molecule has 0 aromatic carbocycles. The molecule has 0 amide bonds. The normalized spacial score (nSPS) is 18.2. The van der Waals surface area contributed by atoms with Crippen molar-refractivity contribution >= 4 is 0 Å². The summed E-state index contributed by atoms with van der Waals surface area (Å²) >= 11 is 0. The lowest BCUT2D eigenvalue weighted by Crippen LogP contribution is -2.41. The molecule has 1 heterocycles. The van der Waals surface area contributed by atoms with Crippen molar-refractivity contribution in [1.82, 2.24) is 5.32 Å². The molecular weight excluding hydrogens is 134 g/mol. The third-order valence-electron chi connectivity index (χ3n) is 1.88. The topological polar surface area (TPSA) is 12.0 Å². The first-order valence-corrected chi connectivity index (χ1v) is 4.00. The number of allylic oxidation sites excluding steroid dienone is 4. The fraction of sp³-hybridized carbons (Fsp3) is 0.400. The lowest BCUT2D eigenvalue weighted by molar-refractivity contribution is 0.348. The molecule has 1 aliphatic rings. The van der Waals surface area contributed by atoms with Gasteiger partial charge < -0.3 is 5.32 Å². The van der Waals surface area contributed by atoms with E-state index in [2.05, 4.69) is 18.5 Å². The molecule has 1 N–H and O–H groups in total. The van der Waals surface area contributed by atoms with Crippen molar-refractivity contribution in [3.8, 4) is 0 Å². The van der Waals surface area contributed by atoms with Gasteiger partial charge in [0.2, 0.25) is 0 Å². The molecule has 1 heteroatoms. The van der Waals surface area contributed by atoms with E-state index in [4.69, 9.17) is 0 Å². The van der Waals surface area contributed by atoms with Crippen LogP contribution in [0.15, 0.2) is 37.0 Å². The second-order valence-electron chi connectivity index (χ2n) is 2.98. The Kier molecular flexibility index (Phi) is 3.12. The smallest absolute Gasteiger partial charge is 0.000506 e. The van der Waals surface area contributed by atoms with Crippen molar-refractivity contribution in [1.29, 1.82) is 0 Å². The molecule has 1 saturated heterocycles. The Morgan fingerprint density at radius 3 is 2.73 bits per heavy atom. The molecule has 0 saturated carbocycles. The zero-order chi connectivity index (χ0) is 8.10. The molecule has 0 aromatic rings. The fourth-order valence-corrected chi connectivity index (χ4v) is 1.14. The minimum Gasteiger partial charge on any atom is -0.316 e. The first kappa shape index (κ1) is 8.28. The van der Waals surface area contributed by atoms with Crippen molar-refractivity contribution in [2.45, 2.75) is 6.42 Å². The second kappa shape index (κ2) is 4.14. The Bertz CT molecular complexity index is 175. The third kappa shape index (κ3) is 2.72. The van der Waals surface area contributed by atoms with Gasteiger partial charge in [-0.1, -0.05) is 37.0 Å². The molecule has 0 bridgehead atoms. The number of nitrogens with one attached hydrogen (secondary N) is 1. The van der Waals surface area contributed by atoms with Crippen LogP contribution in [0.4, 0.5) is 0 Å². The quantitative estimate of drug-likeness (QED) is 0.602. The Morgan fingerprint density at radius 1 is 1.55 bits per heavy atom. The van der Waals surface area contributed by atoms with E-state index in [-0.39, 0.29) is 0 Å². The van der Waals surface area contributed by atoms with Gasteiger partial charge in [0.05, 0.1) is 0 Å². The monoisotopic (exact) mass is 149 g/mol. The first-order valence-electron chi connectivity index (χ1n) is 4.00. The van der Waals surface area contributed by atoms with E-state index in [0.717, 1.165) is 25.4 Å². The molecule has 1 rings (SSSR count). The molecule has 0 spiro atoms. The highest BCUT2D eigenvalue weighted by atomic mass is 14.9. The Balaban J connectivity index is 2.19. The summed E-state index contributed by atoms with van der Waals surface area (Å²) in [5.41, 5.74) is 1.20. The van der Waals surface area contributed by atoms with Gasteiger partial charge in [0, 0.05) is 0 Å². The van der Waals surface area contributed by atoms with E-state index >= 15 is 0 Å². The molecule has 0 aliphatic carbocycles. The molecule has 1 aliphatic heterocycles. The standard InChI is InChI=1S/C10H15N/c1-3-4-5-9(2)6-10-7-11-8-10/h3-5,10-11H,1-2,6-8H2/b5-4-. The van der Waals surface area contributed by atoms with E-state index < -0.39 is 0 Å². The lowest BCUT2D eigenvalue weighted by atomic mass is 9.95. The van der Waals surface area contributed by atoms with Crippen LogP contribution >= 0.6 is 0 Å². The minimum absolute atomic E-state index is 0.817. The highest BCUT2D eigenvalue weighted by Gasteiger charge is 2.15. The maximum Gasteiger partial charge on any atom is -0.000506 e. The van der Waals surface area contributed by atoms with E-state index in [1.54, 1.807) is 6.08 Å². The van der Waals surface area contributed by atoms with Crippen molar-refractivity contribution < 1.29 is 0 Å². The summed E-state index contributed by atoms with van der Waals surface area (Å²) < 4.78 is 0. The summed E-state index contributed by atoms with van der Waals surface area (Å²) in [6.45, 7) is 9.86. The van der Waals surface area contributed by atoms with Crippen LogP contribution in [-0.4, -0.2) is 13.1 Å². The van der Waals surface area contributed by atoms with Gasteiger partial charge in [0.15, 0.2) is 0 Å². The van der Waals surface area contributed by atoms with Gasteiger partial charge >= 0.3 is 0 Å². The maximum atomic E-state index is 3.95. The summed E-state index contributed by atoms with van der Waals surface area (Å²) in [6.07, 6.45) is 6.88. The molecule has 0 unspecified atom stereocenters. The van der Waals surface area contributed by atoms with Crippen molar-refractivity contribution in [3.63, 3.8) is 0 Å². The number of rotatable bonds is 4. The first-order chi connectivity index (χ1) is 5.33. The highest BCUT2D eigenvalue weighted by molar-refractivity contribution is 5.19. The van der Waals surface area contributed by atoms with Crippen LogP contribution in [0.3, 0.4) is 0 Å². The predicted molar refractivity (Wildman–Crippen MR) is 49.5 cm³/mol. The van der Waals surface area contributed by atoms with Crippen molar-refractivity contribution in [2.75, 3.05) is 13.1 Å². The van der Waals surface area contributed by atoms with Gasteiger partial charge in [-0.2, -0.15) is 0 Å². The van der Waals surface area contributed by atoms with E-state index in [1.165, 1.54) is 5.57 Å². The molecule has 0 atom stereocenters. The van der Waals surface area contributed by atoms with Crippen LogP contribution in [0.5, 0.6) is 0 Å². The van der Waals surface area contributed by atoms with Gasteiger partial charge in [-0.05, 0) is 25.4 Å². The van der Waals surface area contributed by atoms with Crippen LogP contribution < -0.4 is 5.32 Å². The van der Waals surface area contributed by atoms with Gasteiger partial charge in [-0.3, -0.25) is 0 Å². The highest BCUT2D eigenvalue weighted by Crippen LogP contribution is 2.14. The minimum atomic E-state index is 0.817. The van der Waals surface area contributed by atoms with E-state index in [9.17, 15) is 0 Å². The number of hydrogen-bond donors (Lipinski definition) is 1. The number of hydrogen-bond acceptors (Lipinski definition) is 1. The van der Waals surface area contributed by atoms with E-state index in [1.807, 2.05) is 12.2 Å². The van der Waals surface area contributed by atoms with Gasteiger partial charge in [-0.15, -0.1) is 0 Å². The SMILES string of the molecule is C=C/C=C\C(=C)CC1CNC1. The summed E-state index contributed by atoms with van der Waals surface area (Å²) in [5.74, 6) is 0.817. The second-order valence-corrected chi connectivity index (χ2v) is 2.98. The van der Waals surface area contributed by atoms with Crippen LogP contribution in [0.1, 0.15) is 6.42 Å². The predicted octanol–water partition coefficient (Wildman–Crippen LogP) is 1.89. The lowest BCUT2D eigenvalue weighted by Gasteiger charge is -2.27. The molecule has 0 aromatic heterocycles. The van der Waals surface area contributed by atoms with E-state index in [0.29, 0.717) is 0 Å². The summed E-state index contributed by atoms with van der Waals surface area (Å²) in [5, 5.41) is 3.24. The Morgan fingerprint density at radius 2 is 2.27 bits per heavy atom. The van der Waals surface area contributed by atoms with Crippen LogP contribution in [-0.2, 0) is 0 Å². The van der Waals surface area contributed by atoms with Crippen molar-refractivity contribution in [2.24, 2.45) is 5.92 Å². The van der Waals surface area contributed by atoms with Gasteiger partial charge in [0.1, 0.15) is 0 Å². The largest absolute Gasteiger partial charge is 0.316 e. The maximum absolute atomic E-state index is 3.95. The average Bonchev–Trinajstić information content (AvgIpc) is 1.93. The zero-order valence-electron chi connectivity index (χ0n) is 6.84. The van der Waals surface area contributed by atoms with Crippen LogP contribution in [0.25, 0.3) is 0 Å². The Labute approximate surface area is 68.5 Å². The summed E-state index contributed by atoms with van der Waals surface area (Å²) in [4.78, 5) is 0. The third-order valence-corrected chi connectivity index (χ3v) is 1.88. The van der Waals surface area contributed by atoms with Crippen LogP contribution in [0.2, 0.25) is 0 Å². The molecule has 1 nitrogen and oxygen atoms in total. The van der Waals surface area contributed by atoms with Crippen molar-refractivity contribution in [3.05, 3.63) is 37.0 Å². The average molecular weight is 149 g/mol. The summed E-state index contributed by atoms with van der Waals surface area (Å²) in [6, 6.07) is 0.